The molecule has 0 aliphatic carbocycles. The summed E-state index contributed by atoms with van der Waals surface area (Å²) in [5.41, 5.74) is 5.32. The van der Waals surface area contributed by atoms with Crippen LogP contribution in [0.15, 0.2) is 29.4 Å². The zero-order chi connectivity index (χ0) is 15.8. The Bertz CT molecular complexity index is 794. The molecule has 7 nitrogen and oxygen atoms in total. The van der Waals surface area contributed by atoms with Crippen LogP contribution in [0.25, 0.3) is 0 Å². The Morgan fingerprint density at radius 3 is 2.67 bits per heavy atom. The molecular weight excluding hydrogens is 297 g/mol. The first-order valence-electron chi connectivity index (χ1n) is 5.87. The van der Waals surface area contributed by atoms with Gasteiger partial charge in [-0.05, 0) is 25.1 Å². The maximum atomic E-state index is 13.2. The Hall–Kier alpha value is -2.42. The van der Waals surface area contributed by atoms with Crippen molar-refractivity contribution < 1.29 is 12.8 Å². The number of nitrogens with zero attached hydrogens (tertiary/aromatic N) is 2. The lowest BCUT2D eigenvalue weighted by molar-refractivity contribution is 0.597. The Labute approximate surface area is 121 Å². The molecule has 1 aromatic carbocycles. The number of amidine groups is 1. The van der Waals surface area contributed by atoms with E-state index in [1.165, 1.54) is 12.3 Å². The Morgan fingerprint density at radius 2 is 2.14 bits per heavy atom. The minimum Gasteiger partial charge on any atom is -0.384 e. The first-order chi connectivity index (χ1) is 9.70. The second-order valence-corrected chi connectivity index (χ2v) is 6.08. The highest BCUT2D eigenvalue weighted by atomic mass is 32.2. The molecule has 0 bridgehead atoms. The van der Waals surface area contributed by atoms with Crippen molar-refractivity contribution in [3.8, 4) is 0 Å². The van der Waals surface area contributed by atoms with Gasteiger partial charge in [-0.1, -0.05) is 0 Å². The summed E-state index contributed by atoms with van der Waals surface area (Å²) in [5, 5.41) is 7.21. The van der Waals surface area contributed by atoms with Crippen molar-refractivity contribution in [1.82, 2.24) is 9.55 Å². The summed E-state index contributed by atoms with van der Waals surface area (Å²) >= 11 is 0. The molecule has 1 aromatic heterocycles. The molecule has 4 N–H and O–H groups in total. The average Bonchev–Trinajstić information content (AvgIpc) is 2.72. The van der Waals surface area contributed by atoms with Gasteiger partial charge >= 0.3 is 0 Å². The summed E-state index contributed by atoms with van der Waals surface area (Å²) in [4.78, 5) is 3.92. The summed E-state index contributed by atoms with van der Waals surface area (Å²) in [5.74, 6) is -0.525. The average molecular weight is 311 g/mol. The fourth-order valence-electron chi connectivity index (χ4n) is 1.68. The highest BCUT2D eigenvalue weighted by Crippen LogP contribution is 2.20. The van der Waals surface area contributed by atoms with Crippen molar-refractivity contribution >= 4 is 21.5 Å². The highest BCUT2D eigenvalue weighted by molar-refractivity contribution is 7.92. The molecule has 9 heteroatoms. The van der Waals surface area contributed by atoms with Gasteiger partial charge in [0.25, 0.3) is 10.0 Å². The van der Waals surface area contributed by atoms with E-state index in [0.717, 1.165) is 12.1 Å². The summed E-state index contributed by atoms with van der Waals surface area (Å²) in [7, 11) is -2.27. The molecule has 0 radical (unpaired) electrons. The highest BCUT2D eigenvalue weighted by Gasteiger charge is 2.20. The van der Waals surface area contributed by atoms with Crippen LogP contribution in [-0.4, -0.2) is 23.8 Å². The van der Waals surface area contributed by atoms with E-state index < -0.39 is 21.7 Å². The summed E-state index contributed by atoms with van der Waals surface area (Å²) in [6.45, 7) is 1.66. The normalized spacial score (nSPS) is 11.4. The number of anilines is 1. The molecule has 0 unspecified atom stereocenters. The lowest BCUT2D eigenvalue weighted by atomic mass is 10.1. The predicted molar refractivity (Wildman–Crippen MR) is 76.2 cm³/mol. The Morgan fingerprint density at radius 1 is 1.48 bits per heavy atom. The number of nitrogens with one attached hydrogen (secondary N) is 2. The van der Waals surface area contributed by atoms with Crippen LogP contribution in [-0.2, 0) is 17.1 Å². The number of aryl methyl sites for hydroxylation is 2. The van der Waals surface area contributed by atoms with E-state index in [0.29, 0.717) is 5.82 Å². The van der Waals surface area contributed by atoms with Crippen molar-refractivity contribution in [1.29, 1.82) is 5.41 Å². The molecule has 21 heavy (non-hydrogen) atoms. The maximum absolute atomic E-state index is 13.2. The predicted octanol–water partition coefficient (Wildman–Crippen LogP) is 0.952. The zero-order valence-corrected chi connectivity index (χ0v) is 12.2. The van der Waals surface area contributed by atoms with E-state index in [-0.39, 0.29) is 16.3 Å². The van der Waals surface area contributed by atoms with E-state index >= 15 is 0 Å². The van der Waals surface area contributed by atoms with Crippen LogP contribution < -0.4 is 10.5 Å². The molecule has 112 valence electrons. The van der Waals surface area contributed by atoms with E-state index in [2.05, 4.69) is 9.71 Å². The van der Waals surface area contributed by atoms with E-state index in [4.69, 9.17) is 11.1 Å². The topological polar surface area (TPSA) is 114 Å². The van der Waals surface area contributed by atoms with Gasteiger partial charge in [0.1, 0.15) is 17.5 Å². The molecule has 2 rings (SSSR count). The molecule has 0 spiro atoms. The number of aromatic nitrogens is 2. The lowest BCUT2D eigenvalue weighted by Gasteiger charge is -2.10. The summed E-state index contributed by atoms with van der Waals surface area (Å²) in [6, 6.07) is 3.28. The van der Waals surface area contributed by atoms with Crippen LogP contribution in [0, 0.1) is 18.2 Å². The number of nitrogens with two attached hydrogens (primary N) is 1. The number of imidazole rings is 1. The molecular formula is C12H14FN5O2S. The SMILES string of the molecule is Cc1nc(S(=O)(=O)Nc2ccc(F)cc2C(=N)N)cn1C. The molecule has 2 aromatic rings. The summed E-state index contributed by atoms with van der Waals surface area (Å²) < 4.78 is 41.5. The van der Waals surface area contributed by atoms with Crippen molar-refractivity contribution in [2.75, 3.05) is 4.72 Å². The standard InChI is InChI=1S/C12H14FN5O2S/c1-7-16-11(6-18(7)2)21(19,20)17-10-4-3-8(13)5-9(10)12(14)15/h3-6,17H,1-2H3,(H3,14,15). The number of hydrogen-bond donors (Lipinski definition) is 3. The molecule has 0 atom stereocenters. The molecule has 0 aliphatic rings. The lowest BCUT2D eigenvalue weighted by Crippen LogP contribution is -2.19. The third kappa shape index (κ3) is 3.02. The van der Waals surface area contributed by atoms with Gasteiger partial charge in [0.2, 0.25) is 0 Å². The number of sulfonamides is 1. The fraction of sp³-hybridized carbons (Fsp3) is 0.167. The number of halogens is 1. The van der Waals surface area contributed by atoms with Crippen LogP contribution in [0.1, 0.15) is 11.4 Å². The van der Waals surface area contributed by atoms with Crippen LogP contribution in [0.3, 0.4) is 0 Å². The van der Waals surface area contributed by atoms with Gasteiger partial charge in [-0.15, -0.1) is 0 Å². The number of rotatable bonds is 4. The van der Waals surface area contributed by atoms with Gasteiger partial charge in [-0.2, -0.15) is 8.42 Å². The molecule has 0 amide bonds. The van der Waals surface area contributed by atoms with Crippen LogP contribution in [0.5, 0.6) is 0 Å². The minimum absolute atomic E-state index is 0.0206. The van der Waals surface area contributed by atoms with Crippen molar-refractivity contribution in [3.05, 3.63) is 41.6 Å². The van der Waals surface area contributed by atoms with Crippen molar-refractivity contribution in [2.24, 2.45) is 12.8 Å². The number of benzene rings is 1. The van der Waals surface area contributed by atoms with Crippen LogP contribution >= 0.6 is 0 Å². The van der Waals surface area contributed by atoms with Crippen LogP contribution in [0.4, 0.5) is 10.1 Å². The molecule has 0 aliphatic heterocycles. The minimum atomic E-state index is -3.94. The molecule has 0 fully saturated rings. The number of hydrogen-bond acceptors (Lipinski definition) is 4. The first-order valence-corrected chi connectivity index (χ1v) is 7.36. The van der Waals surface area contributed by atoms with Crippen LogP contribution in [0.2, 0.25) is 0 Å². The van der Waals surface area contributed by atoms with Crippen molar-refractivity contribution in [3.63, 3.8) is 0 Å². The Balaban J connectivity index is 2.44. The maximum Gasteiger partial charge on any atom is 0.280 e. The Kier molecular flexibility index (Phi) is 3.69. The second kappa shape index (κ2) is 5.17. The zero-order valence-electron chi connectivity index (χ0n) is 11.4. The fourth-order valence-corrected chi connectivity index (χ4v) is 2.80. The smallest absolute Gasteiger partial charge is 0.280 e. The largest absolute Gasteiger partial charge is 0.384 e. The van der Waals surface area contributed by atoms with Gasteiger partial charge in [-0.25, -0.2) is 9.37 Å². The quantitative estimate of drug-likeness (QED) is 0.576. The molecule has 1 heterocycles. The van der Waals surface area contributed by atoms with E-state index in [1.807, 2.05) is 0 Å². The third-order valence-electron chi connectivity index (χ3n) is 2.88. The second-order valence-electron chi connectivity index (χ2n) is 4.45. The van der Waals surface area contributed by atoms with Gasteiger partial charge < -0.3 is 10.3 Å². The van der Waals surface area contributed by atoms with Gasteiger partial charge in [0.15, 0.2) is 5.03 Å². The van der Waals surface area contributed by atoms with Gasteiger partial charge in [0.05, 0.1) is 5.69 Å². The first kappa shape index (κ1) is 15.0. The van der Waals surface area contributed by atoms with E-state index in [9.17, 15) is 12.8 Å². The van der Waals surface area contributed by atoms with Gasteiger partial charge in [-0.3, -0.25) is 10.1 Å². The summed E-state index contributed by atoms with van der Waals surface area (Å²) in [6.07, 6.45) is 1.36. The third-order valence-corrected chi connectivity index (χ3v) is 4.11. The van der Waals surface area contributed by atoms with E-state index in [1.54, 1.807) is 18.5 Å². The monoisotopic (exact) mass is 311 g/mol. The number of nitrogen functional groups attached to an aromatic ring is 1. The van der Waals surface area contributed by atoms with Gasteiger partial charge in [0, 0.05) is 18.8 Å². The molecule has 0 saturated heterocycles. The molecule has 0 saturated carbocycles. The van der Waals surface area contributed by atoms with Crippen molar-refractivity contribution in [2.45, 2.75) is 11.9 Å².